The van der Waals surface area contributed by atoms with E-state index < -0.39 is 0 Å². The second kappa shape index (κ2) is 30.7. The van der Waals surface area contributed by atoms with Gasteiger partial charge in [-0.15, -0.1) is 0 Å². The third-order valence-corrected chi connectivity index (χ3v) is 5.78. The van der Waals surface area contributed by atoms with Crippen molar-refractivity contribution in [2.24, 2.45) is 0 Å². The van der Waals surface area contributed by atoms with Crippen LogP contribution in [0.2, 0.25) is 0 Å². The van der Waals surface area contributed by atoms with Gasteiger partial charge in [0.15, 0.2) is 0 Å². The van der Waals surface area contributed by atoms with Crippen molar-refractivity contribution in [2.45, 2.75) is 65.2 Å². The normalized spacial score (nSPS) is 9.38. The Bertz CT molecular complexity index is 922. The molecule has 4 aromatic rings. The maximum atomic E-state index is 8.53. The Morgan fingerprint density at radius 2 is 0.571 bits per heavy atom. The highest BCUT2D eigenvalue weighted by Gasteiger charge is 1.90. The van der Waals surface area contributed by atoms with Gasteiger partial charge in [0.2, 0.25) is 0 Å². The topological polar surface area (TPSA) is 80.9 Å². The van der Waals surface area contributed by atoms with Gasteiger partial charge in [-0.05, 0) is 74.1 Å². The fraction of sp³-hybridized carbons (Fsp3) is 0.368. The van der Waals surface area contributed by atoms with Crippen LogP contribution in [0.25, 0.3) is 0 Å². The summed E-state index contributed by atoms with van der Waals surface area (Å²) in [7, 11) is 0. The van der Waals surface area contributed by atoms with E-state index in [-0.39, 0.29) is 26.4 Å². The van der Waals surface area contributed by atoms with Crippen molar-refractivity contribution in [3.05, 3.63) is 144 Å². The molecule has 0 amide bonds. The molecule has 4 N–H and O–H groups in total. The molecule has 0 spiro atoms. The lowest BCUT2D eigenvalue weighted by Crippen LogP contribution is -1.87. The molecule has 4 nitrogen and oxygen atoms in total. The van der Waals surface area contributed by atoms with E-state index in [1.165, 1.54) is 35.1 Å². The lowest BCUT2D eigenvalue weighted by molar-refractivity contribution is 0.288. The maximum absolute atomic E-state index is 8.53. The molecule has 0 radical (unpaired) electrons. The largest absolute Gasteiger partial charge is 0.397 e. The minimum Gasteiger partial charge on any atom is -0.397 e. The van der Waals surface area contributed by atoms with E-state index in [4.69, 9.17) is 20.4 Å². The molecule has 4 rings (SSSR count). The van der Waals surface area contributed by atoms with Crippen LogP contribution in [0.1, 0.15) is 61.8 Å². The Hall–Kier alpha value is -3.28. The molecule has 0 fully saturated rings. The van der Waals surface area contributed by atoms with Crippen LogP contribution in [0.15, 0.2) is 121 Å². The van der Waals surface area contributed by atoms with Gasteiger partial charge in [-0.1, -0.05) is 135 Å². The Morgan fingerprint density at radius 3 is 0.762 bits per heavy atom. The smallest absolute Gasteiger partial charge is 0.0434 e. The lowest BCUT2D eigenvalue weighted by atomic mass is 10.1. The molecule has 42 heavy (non-hydrogen) atoms. The molecule has 4 aromatic carbocycles. The predicted molar refractivity (Wildman–Crippen MR) is 179 cm³/mol. The molecule has 0 unspecified atom stereocenters. The molecular weight excluding hydrogens is 520 g/mol. The third kappa shape index (κ3) is 24.5. The van der Waals surface area contributed by atoms with Gasteiger partial charge in [0.25, 0.3) is 0 Å². The maximum Gasteiger partial charge on any atom is 0.0434 e. The first kappa shape index (κ1) is 38.7. The van der Waals surface area contributed by atoms with Crippen molar-refractivity contribution < 1.29 is 20.4 Å². The summed E-state index contributed by atoms with van der Waals surface area (Å²) in [4.78, 5) is 0. The zero-order valence-electron chi connectivity index (χ0n) is 25.8. The summed E-state index contributed by atoms with van der Waals surface area (Å²) in [6.45, 7) is 4.99. The third-order valence-electron chi connectivity index (χ3n) is 5.78. The zero-order valence-corrected chi connectivity index (χ0v) is 25.8. The van der Waals surface area contributed by atoms with Crippen LogP contribution in [-0.2, 0) is 25.7 Å². The fourth-order valence-corrected chi connectivity index (χ4v) is 3.72. The van der Waals surface area contributed by atoms with Gasteiger partial charge in [-0.3, -0.25) is 0 Å². The van der Waals surface area contributed by atoms with Crippen LogP contribution >= 0.6 is 0 Å². The summed E-state index contributed by atoms with van der Waals surface area (Å²) in [6, 6.07) is 41.2. The molecule has 0 aliphatic heterocycles. The molecule has 230 valence electrons. The fourth-order valence-electron chi connectivity index (χ4n) is 3.72. The van der Waals surface area contributed by atoms with Gasteiger partial charge in [0, 0.05) is 26.4 Å². The summed E-state index contributed by atoms with van der Waals surface area (Å²) in [5, 5.41) is 33.2. The quantitative estimate of drug-likeness (QED) is 0.150. The minimum absolute atomic E-state index is 0.250. The standard InChI is InChI=1S/3C9H12O.C9H12.C2H6O/c3*10-8-4-7-9-5-2-1-3-6-9;1-2-6-9-7-4-3-5-8-9;1-2-3/h3*1-3,5-6,10H,4,7-8H2;3-5,7-8H,2,6H2,1H3;3H,2H2,1H3. The van der Waals surface area contributed by atoms with Crippen molar-refractivity contribution in [1.82, 2.24) is 0 Å². The highest BCUT2D eigenvalue weighted by Crippen LogP contribution is 2.03. The summed E-state index contributed by atoms with van der Waals surface area (Å²) < 4.78 is 0. The van der Waals surface area contributed by atoms with Crippen molar-refractivity contribution >= 4 is 0 Å². The Morgan fingerprint density at radius 1 is 0.357 bits per heavy atom. The number of aryl methyl sites for hydroxylation is 4. The van der Waals surface area contributed by atoms with Crippen LogP contribution in [0.4, 0.5) is 0 Å². The summed E-state index contributed by atoms with van der Waals surface area (Å²) >= 11 is 0. The summed E-state index contributed by atoms with van der Waals surface area (Å²) in [5.74, 6) is 0. The van der Waals surface area contributed by atoms with Crippen LogP contribution in [0.5, 0.6) is 0 Å². The number of aliphatic hydroxyl groups is 4. The van der Waals surface area contributed by atoms with Gasteiger partial charge in [-0.25, -0.2) is 0 Å². The van der Waals surface area contributed by atoms with Crippen molar-refractivity contribution in [2.75, 3.05) is 26.4 Å². The minimum atomic E-state index is 0.250. The predicted octanol–water partition coefficient (Wildman–Crippen LogP) is 7.47. The van der Waals surface area contributed by atoms with E-state index in [0.29, 0.717) is 0 Å². The summed E-state index contributed by atoms with van der Waals surface area (Å²) in [5.41, 5.74) is 5.35. The molecule has 0 saturated heterocycles. The van der Waals surface area contributed by atoms with Crippen LogP contribution in [-0.4, -0.2) is 46.9 Å². The molecular formula is C38H54O4. The second-order valence-corrected chi connectivity index (χ2v) is 9.49. The van der Waals surface area contributed by atoms with Crippen LogP contribution < -0.4 is 0 Å². The van der Waals surface area contributed by atoms with E-state index in [1.54, 1.807) is 6.92 Å². The van der Waals surface area contributed by atoms with E-state index in [1.807, 2.05) is 54.6 Å². The van der Waals surface area contributed by atoms with Crippen molar-refractivity contribution in [3.63, 3.8) is 0 Å². The average molecular weight is 575 g/mol. The van der Waals surface area contributed by atoms with Gasteiger partial charge in [-0.2, -0.15) is 0 Å². The Labute approximate surface area is 255 Å². The average Bonchev–Trinajstić information content (AvgIpc) is 3.05. The summed E-state index contributed by atoms with van der Waals surface area (Å²) in [6.07, 6.45) is 7.99. The van der Waals surface area contributed by atoms with Gasteiger partial charge >= 0.3 is 0 Å². The monoisotopic (exact) mass is 574 g/mol. The molecule has 0 aliphatic carbocycles. The number of hydrogen-bond donors (Lipinski definition) is 4. The number of benzene rings is 4. The molecule has 0 aromatic heterocycles. The highest BCUT2D eigenvalue weighted by atomic mass is 16.3. The van der Waals surface area contributed by atoms with Gasteiger partial charge < -0.3 is 20.4 Å². The van der Waals surface area contributed by atoms with E-state index in [0.717, 1.165) is 38.5 Å². The number of rotatable bonds is 11. The first-order valence-electron chi connectivity index (χ1n) is 15.2. The molecule has 0 heterocycles. The number of aliphatic hydroxyl groups excluding tert-OH is 4. The van der Waals surface area contributed by atoms with Gasteiger partial charge in [0.1, 0.15) is 0 Å². The van der Waals surface area contributed by atoms with Gasteiger partial charge in [0.05, 0.1) is 0 Å². The highest BCUT2D eigenvalue weighted by molar-refractivity contribution is 5.16. The van der Waals surface area contributed by atoms with E-state index >= 15 is 0 Å². The SMILES string of the molecule is CCCc1ccccc1.CCO.OCCCc1ccccc1.OCCCc1ccccc1.OCCCc1ccccc1. The molecule has 0 atom stereocenters. The molecule has 0 aliphatic rings. The lowest BCUT2D eigenvalue weighted by Gasteiger charge is -1.96. The Kier molecular flexibility index (Phi) is 28.3. The van der Waals surface area contributed by atoms with Crippen LogP contribution in [0.3, 0.4) is 0 Å². The van der Waals surface area contributed by atoms with Crippen molar-refractivity contribution in [1.29, 1.82) is 0 Å². The molecule has 0 bridgehead atoms. The van der Waals surface area contributed by atoms with Crippen LogP contribution in [0, 0.1) is 0 Å². The van der Waals surface area contributed by atoms with Crippen molar-refractivity contribution in [3.8, 4) is 0 Å². The first-order chi connectivity index (χ1) is 20.6. The first-order valence-corrected chi connectivity index (χ1v) is 15.2. The Balaban J connectivity index is 0.000000517. The van der Waals surface area contributed by atoms with E-state index in [2.05, 4.69) is 73.7 Å². The van der Waals surface area contributed by atoms with E-state index in [9.17, 15) is 0 Å². The molecule has 0 saturated carbocycles. The number of hydrogen-bond acceptors (Lipinski definition) is 4. The molecule has 4 heteroatoms. The second-order valence-electron chi connectivity index (χ2n) is 9.49. The zero-order chi connectivity index (χ0) is 30.9.